The quantitative estimate of drug-likeness (QED) is 0.839. The lowest BCUT2D eigenvalue weighted by molar-refractivity contribution is -0.0529. The summed E-state index contributed by atoms with van der Waals surface area (Å²) in [4.78, 5) is 15.5. The fourth-order valence-corrected chi connectivity index (χ4v) is 2.85. The molecule has 23 heavy (non-hydrogen) atoms. The van der Waals surface area contributed by atoms with Gasteiger partial charge in [-0.1, -0.05) is 0 Å². The Balaban J connectivity index is 1.41. The second-order valence-electron chi connectivity index (χ2n) is 5.77. The largest absolute Gasteiger partial charge is 0.417 e. The normalized spacial score (nSPS) is 26.1. The first kappa shape index (κ1) is 15.9. The van der Waals surface area contributed by atoms with Crippen molar-refractivity contribution in [2.75, 3.05) is 6.61 Å². The number of nitrogens with one attached hydrogen (secondary N) is 2. The Labute approximate surface area is 132 Å². The maximum atomic E-state index is 12.1. The molecule has 0 aromatic carbocycles. The number of rotatable bonds is 6. The van der Waals surface area contributed by atoms with Crippen molar-refractivity contribution in [1.29, 1.82) is 0 Å². The van der Waals surface area contributed by atoms with Gasteiger partial charge in [-0.05, 0) is 30.9 Å². The maximum absolute atomic E-state index is 12.1. The van der Waals surface area contributed by atoms with E-state index >= 15 is 0 Å². The zero-order chi connectivity index (χ0) is 16.2. The Morgan fingerprint density at radius 1 is 1.52 bits per heavy atom. The fraction of sp³-hybridized carbons (Fsp3) is 0.600. The van der Waals surface area contributed by atoms with E-state index < -0.39 is 6.61 Å². The molecule has 2 heterocycles. The first-order chi connectivity index (χ1) is 11.1. The molecule has 1 aromatic heterocycles. The highest BCUT2D eigenvalue weighted by Gasteiger charge is 2.45. The van der Waals surface area contributed by atoms with Gasteiger partial charge in [-0.25, -0.2) is 9.78 Å². The molecule has 1 aromatic rings. The summed E-state index contributed by atoms with van der Waals surface area (Å²) in [6.45, 7) is -1.89. The molecule has 1 saturated carbocycles. The van der Waals surface area contributed by atoms with E-state index in [0.717, 1.165) is 25.9 Å². The number of ether oxygens (including phenoxy) is 2. The van der Waals surface area contributed by atoms with Crippen LogP contribution in [0.2, 0.25) is 0 Å². The van der Waals surface area contributed by atoms with Crippen LogP contribution in [0.25, 0.3) is 0 Å². The molecule has 0 spiro atoms. The van der Waals surface area contributed by atoms with Gasteiger partial charge < -0.3 is 20.1 Å². The zero-order valence-electron chi connectivity index (χ0n) is 12.5. The van der Waals surface area contributed by atoms with Gasteiger partial charge in [0.15, 0.2) is 0 Å². The molecule has 2 amide bonds. The first-order valence-corrected chi connectivity index (χ1v) is 7.67. The minimum atomic E-state index is -2.92. The molecule has 1 aliphatic carbocycles. The lowest BCUT2D eigenvalue weighted by atomic mass is 10.1. The average Bonchev–Trinajstić information content (AvgIpc) is 3.05. The van der Waals surface area contributed by atoms with Gasteiger partial charge in [0, 0.05) is 37.4 Å². The molecule has 6 nitrogen and oxygen atoms in total. The number of pyridine rings is 1. The topological polar surface area (TPSA) is 72.5 Å². The highest BCUT2D eigenvalue weighted by atomic mass is 19.3. The maximum Gasteiger partial charge on any atom is 0.388 e. The van der Waals surface area contributed by atoms with Crippen LogP contribution >= 0.6 is 0 Å². The van der Waals surface area contributed by atoms with Gasteiger partial charge in [0.05, 0.1) is 6.10 Å². The molecule has 1 saturated heterocycles. The van der Waals surface area contributed by atoms with Gasteiger partial charge in [-0.15, -0.1) is 0 Å². The highest BCUT2D eigenvalue weighted by molar-refractivity contribution is 5.74. The van der Waals surface area contributed by atoms with Crippen molar-refractivity contribution in [1.82, 2.24) is 15.6 Å². The molecule has 8 heteroatoms. The Hall–Kier alpha value is -1.96. The van der Waals surface area contributed by atoms with Crippen LogP contribution in [0.4, 0.5) is 13.6 Å². The fourth-order valence-electron chi connectivity index (χ4n) is 2.85. The van der Waals surface area contributed by atoms with E-state index in [-0.39, 0.29) is 30.6 Å². The van der Waals surface area contributed by atoms with Crippen LogP contribution in [-0.4, -0.2) is 36.4 Å². The van der Waals surface area contributed by atoms with E-state index in [2.05, 4.69) is 20.4 Å². The van der Waals surface area contributed by atoms with E-state index in [1.165, 1.54) is 12.3 Å². The molecule has 3 atom stereocenters. The number of carbonyl (C=O) groups is 1. The summed E-state index contributed by atoms with van der Waals surface area (Å²) in [6.07, 6.45) is 4.73. The predicted molar refractivity (Wildman–Crippen MR) is 77.1 cm³/mol. The summed E-state index contributed by atoms with van der Waals surface area (Å²) in [7, 11) is 0. The van der Waals surface area contributed by atoms with Gasteiger partial charge in [0.2, 0.25) is 5.88 Å². The van der Waals surface area contributed by atoms with Crippen molar-refractivity contribution >= 4 is 6.03 Å². The van der Waals surface area contributed by atoms with E-state index in [1.807, 2.05) is 0 Å². The molecule has 126 valence electrons. The highest BCUT2D eigenvalue weighted by Crippen LogP contribution is 2.39. The standard InChI is InChI=1S/C15H19F2N3O3/c16-14(17)23-13-6-9(3-4-18-13)8-19-15(21)20-11-7-10(11)12-2-1-5-22-12/h3-4,6,10-12,14H,1-2,5,7-8H2,(H2,19,20,21)/t10-,11-,12?/m1/s1. The van der Waals surface area contributed by atoms with Crippen LogP contribution in [-0.2, 0) is 11.3 Å². The molecular formula is C15H19F2N3O3. The van der Waals surface area contributed by atoms with Crippen molar-refractivity contribution in [3.63, 3.8) is 0 Å². The van der Waals surface area contributed by atoms with Crippen molar-refractivity contribution in [3.05, 3.63) is 23.9 Å². The third kappa shape index (κ3) is 4.51. The molecule has 2 fully saturated rings. The molecule has 0 radical (unpaired) electrons. The Kier molecular flexibility index (Phi) is 4.90. The SMILES string of the molecule is O=C(NCc1ccnc(OC(F)F)c1)N[C@@H]1C[C@H]1C1CCCO1. The van der Waals surface area contributed by atoms with E-state index in [9.17, 15) is 13.6 Å². The number of urea groups is 1. The van der Waals surface area contributed by atoms with Crippen LogP contribution in [0.1, 0.15) is 24.8 Å². The molecule has 0 bridgehead atoms. The predicted octanol–water partition coefficient (Wildman–Crippen LogP) is 2.05. The number of amides is 2. The summed E-state index contributed by atoms with van der Waals surface area (Å²) in [6, 6.07) is 2.89. The molecular weight excluding hydrogens is 308 g/mol. The van der Waals surface area contributed by atoms with E-state index in [4.69, 9.17) is 4.74 Å². The lowest BCUT2D eigenvalue weighted by Gasteiger charge is -2.11. The number of hydrogen-bond donors (Lipinski definition) is 2. The summed E-state index contributed by atoms with van der Waals surface area (Å²) < 4.78 is 34.1. The van der Waals surface area contributed by atoms with Crippen LogP contribution in [0, 0.1) is 5.92 Å². The van der Waals surface area contributed by atoms with Crippen molar-refractivity contribution in [2.24, 2.45) is 5.92 Å². The van der Waals surface area contributed by atoms with Crippen LogP contribution in [0.15, 0.2) is 18.3 Å². The van der Waals surface area contributed by atoms with Gasteiger partial charge in [-0.3, -0.25) is 0 Å². The molecule has 1 aliphatic heterocycles. The molecule has 1 unspecified atom stereocenters. The van der Waals surface area contributed by atoms with E-state index in [1.54, 1.807) is 6.07 Å². The molecule has 2 N–H and O–H groups in total. The average molecular weight is 327 g/mol. The summed E-state index contributed by atoms with van der Waals surface area (Å²) in [5.74, 6) is 0.246. The summed E-state index contributed by atoms with van der Waals surface area (Å²) in [5, 5.41) is 5.60. The Bertz CT molecular complexity index is 553. The first-order valence-electron chi connectivity index (χ1n) is 7.67. The van der Waals surface area contributed by atoms with Crippen LogP contribution < -0.4 is 15.4 Å². The second kappa shape index (κ2) is 7.08. The number of aromatic nitrogens is 1. The molecule has 2 aliphatic rings. The monoisotopic (exact) mass is 327 g/mol. The van der Waals surface area contributed by atoms with Crippen LogP contribution in [0.5, 0.6) is 5.88 Å². The van der Waals surface area contributed by atoms with Crippen LogP contribution in [0.3, 0.4) is 0 Å². The van der Waals surface area contributed by atoms with Gasteiger partial charge >= 0.3 is 12.6 Å². The number of nitrogens with zero attached hydrogens (tertiary/aromatic N) is 1. The Morgan fingerprint density at radius 3 is 3.13 bits per heavy atom. The third-order valence-electron chi connectivity index (χ3n) is 4.06. The second-order valence-corrected chi connectivity index (χ2v) is 5.77. The third-order valence-corrected chi connectivity index (χ3v) is 4.06. The number of carbonyl (C=O) groups excluding carboxylic acids is 1. The zero-order valence-corrected chi connectivity index (χ0v) is 12.5. The van der Waals surface area contributed by atoms with E-state index in [0.29, 0.717) is 11.5 Å². The number of alkyl halides is 2. The summed E-state index contributed by atoms with van der Waals surface area (Å²) >= 11 is 0. The van der Waals surface area contributed by atoms with Gasteiger partial charge in [0.1, 0.15) is 0 Å². The number of hydrogen-bond acceptors (Lipinski definition) is 4. The minimum absolute atomic E-state index is 0.160. The smallest absolute Gasteiger partial charge is 0.388 e. The Morgan fingerprint density at radius 2 is 2.39 bits per heavy atom. The van der Waals surface area contributed by atoms with Crippen molar-refractivity contribution in [2.45, 2.75) is 44.6 Å². The van der Waals surface area contributed by atoms with Crippen molar-refractivity contribution < 1.29 is 23.0 Å². The minimum Gasteiger partial charge on any atom is -0.417 e. The summed E-state index contributed by atoms with van der Waals surface area (Å²) in [5.41, 5.74) is 0.636. The lowest BCUT2D eigenvalue weighted by Crippen LogP contribution is -2.37. The van der Waals surface area contributed by atoms with Gasteiger partial charge in [-0.2, -0.15) is 8.78 Å². The van der Waals surface area contributed by atoms with Crippen molar-refractivity contribution in [3.8, 4) is 5.88 Å². The molecule has 3 rings (SSSR count). The number of halogens is 2. The van der Waals surface area contributed by atoms with Gasteiger partial charge in [0.25, 0.3) is 0 Å².